The van der Waals surface area contributed by atoms with Gasteiger partial charge in [-0.3, -0.25) is 14.5 Å². The topological polar surface area (TPSA) is 52.7 Å². The van der Waals surface area contributed by atoms with Gasteiger partial charge in [0.2, 0.25) is 0 Å². The average Bonchev–Trinajstić information content (AvgIpc) is 3.15. The molecule has 0 radical (unpaired) electrons. The van der Waals surface area contributed by atoms with Crippen LogP contribution in [0.25, 0.3) is 5.57 Å². The first-order valence-corrected chi connectivity index (χ1v) is 11.4. The maximum Gasteiger partial charge on any atom is 0.256 e. The van der Waals surface area contributed by atoms with Crippen molar-refractivity contribution in [1.29, 1.82) is 0 Å². The van der Waals surface area contributed by atoms with Crippen LogP contribution in [0.4, 0.5) is 5.69 Å². The lowest BCUT2D eigenvalue weighted by atomic mass is 9.93. The molecule has 2 amide bonds. The molecule has 0 atom stereocenters. The van der Waals surface area contributed by atoms with Gasteiger partial charge in [-0.1, -0.05) is 42.3 Å². The van der Waals surface area contributed by atoms with Crippen LogP contribution in [0.15, 0.2) is 54.1 Å². The summed E-state index contributed by atoms with van der Waals surface area (Å²) in [6.07, 6.45) is 5.41. The van der Waals surface area contributed by atoms with Crippen LogP contribution in [0.2, 0.25) is 0 Å². The van der Waals surface area contributed by atoms with E-state index in [-0.39, 0.29) is 11.8 Å². The fourth-order valence-electron chi connectivity index (χ4n) is 5.01. The number of rotatable bonds is 3. The predicted molar refractivity (Wildman–Crippen MR) is 123 cm³/mol. The van der Waals surface area contributed by atoms with Gasteiger partial charge >= 0.3 is 0 Å². The highest BCUT2D eigenvalue weighted by Gasteiger charge is 2.29. The minimum absolute atomic E-state index is 0.0136. The quantitative estimate of drug-likeness (QED) is 0.760. The number of hydrogen-bond acceptors (Lipinski definition) is 3. The van der Waals surface area contributed by atoms with Gasteiger partial charge in [-0.25, -0.2) is 0 Å². The number of fused-ring (bicyclic) bond motifs is 1. The number of hydrogen-bond donors (Lipinski definition) is 1. The zero-order chi connectivity index (χ0) is 21.2. The Labute approximate surface area is 183 Å². The highest BCUT2D eigenvalue weighted by Crippen LogP contribution is 2.36. The van der Waals surface area contributed by atoms with E-state index in [0.717, 1.165) is 47.3 Å². The van der Waals surface area contributed by atoms with Crippen LogP contribution in [0.5, 0.6) is 0 Å². The van der Waals surface area contributed by atoms with Crippen molar-refractivity contribution in [1.82, 2.24) is 9.80 Å². The molecule has 160 valence electrons. The molecule has 0 bridgehead atoms. The van der Waals surface area contributed by atoms with Crippen LogP contribution < -0.4 is 5.32 Å². The summed E-state index contributed by atoms with van der Waals surface area (Å²) >= 11 is 0. The van der Waals surface area contributed by atoms with Crippen LogP contribution >= 0.6 is 0 Å². The minimum Gasteiger partial charge on any atom is -0.338 e. The maximum absolute atomic E-state index is 13.0. The average molecular weight is 416 g/mol. The van der Waals surface area contributed by atoms with Crippen molar-refractivity contribution in [3.8, 4) is 0 Å². The number of nitrogens with zero attached hydrogens (tertiary/aromatic N) is 2. The van der Waals surface area contributed by atoms with Crippen molar-refractivity contribution in [2.24, 2.45) is 0 Å². The van der Waals surface area contributed by atoms with E-state index in [2.05, 4.69) is 22.3 Å². The van der Waals surface area contributed by atoms with Crippen LogP contribution in [0.1, 0.15) is 53.6 Å². The first kappa shape index (κ1) is 20.0. The van der Waals surface area contributed by atoms with Gasteiger partial charge in [-0.15, -0.1) is 0 Å². The van der Waals surface area contributed by atoms with Crippen molar-refractivity contribution >= 4 is 23.1 Å². The Bertz CT molecular complexity index is 1010. The second-order valence-electron chi connectivity index (χ2n) is 8.80. The van der Waals surface area contributed by atoms with Gasteiger partial charge in [-0.2, -0.15) is 0 Å². The Morgan fingerprint density at radius 1 is 0.871 bits per heavy atom. The highest BCUT2D eigenvalue weighted by molar-refractivity contribution is 6.32. The molecule has 3 aliphatic rings. The van der Waals surface area contributed by atoms with E-state index in [1.54, 1.807) is 0 Å². The lowest BCUT2D eigenvalue weighted by Gasteiger charge is -2.29. The zero-order valence-corrected chi connectivity index (χ0v) is 17.9. The third-order valence-electron chi connectivity index (χ3n) is 6.74. The van der Waals surface area contributed by atoms with Gasteiger partial charge in [-0.05, 0) is 62.5 Å². The molecular formula is C26H29N3O2. The lowest BCUT2D eigenvalue weighted by molar-refractivity contribution is -0.110. The first-order valence-electron chi connectivity index (χ1n) is 11.4. The molecule has 0 aromatic heterocycles. The second-order valence-corrected chi connectivity index (χ2v) is 8.80. The van der Waals surface area contributed by atoms with Gasteiger partial charge in [0.05, 0.1) is 0 Å². The highest BCUT2D eigenvalue weighted by atomic mass is 16.2. The Morgan fingerprint density at radius 3 is 2.32 bits per heavy atom. The number of likely N-dealkylation sites (tertiary alicyclic amines) is 2. The minimum atomic E-state index is -0.0136. The number of para-hydroxylation sites is 1. The molecule has 0 unspecified atom stereocenters. The van der Waals surface area contributed by atoms with Gasteiger partial charge in [0.25, 0.3) is 11.8 Å². The van der Waals surface area contributed by atoms with Crippen LogP contribution in [0, 0.1) is 0 Å². The molecule has 3 heterocycles. The number of benzene rings is 2. The molecule has 2 aromatic rings. The molecule has 1 N–H and O–H groups in total. The molecule has 5 heteroatoms. The van der Waals surface area contributed by atoms with Crippen LogP contribution in [-0.4, -0.2) is 47.8 Å². The molecule has 2 fully saturated rings. The van der Waals surface area contributed by atoms with Crippen LogP contribution in [-0.2, 0) is 11.3 Å². The summed E-state index contributed by atoms with van der Waals surface area (Å²) in [4.78, 5) is 29.9. The van der Waals surface area contributed by atoms with Crippen LogP contribution in [0.3, 0.4) is 0 Å². The summed E-state index contributed by atoms with van der Waals surface area (Å²) in [5.74, 6) is 0.0742. The number of piperidine rings is 2. The number of nitrogens with one attached hydrogen (secondary N) is 1. The molecule has 2 saturated heterocycles. The molecular weight excluding hydrogens is 386 g/mol. The Hall–Kier alpha value is -2.92. The first-order chi connectivity index (χ1) is 15.2. The summed E-state index contributed by atoms with van der Waals surface area (Å²) in [6.45, 7) is 4.63. The fraction of sp³-hybridized carbons (Fsp3) is 0.385. The summed E-state index contributed by atoms with van der Waals surface area (Å²) in [7, 11) is 0. The van der Waals surface area contributed by atoms with E-state index in [9.17, 15) is 9.59 Å². The van der Waals surface area contributed by atoms with E-state index in [1.165, 1.54) is 37.9 Å². The molecule has 2 aromatic carbocycles. The molecule has 0 saturated carbocycles. The monoisotopic (exact) mass is 415 g/mol. The van der Waals surface area contributed by atoms with Gasteiger partial charge < -0.3 is 10.2 Å². The summed E-state index contributed by atoms with van der Waals surface area (Å²) in [6, 6.07) is 16.0. The zero-order valence-electron chi connectivity index (χ0n) is 17.9. The second kappa shape index (κ2) is 8.67. The number of carbonyl (C=O) groups is 2. The van der Waals surface area contributed by atoms with E-state index >= 15 is 0 Å². The fourth-order valence-corrected chi connectivity index (χ4v) is 5.01. The van der Waals surface area contributed by atoms with Crippen molar-refractivity contribution in [3.63, 3.8) is 0 Å². The van der Waals surface area contributed by atoms with E-state index < -0.39 is 0 Å². The third kappa shape index (κ3) is 4.15. The summed E-state index contributed by atoms with van der Waals surface area (Å²) in [5, 5.41) is 2.96. The third-order valence-corrected chi connectivity index (χ3v) is 6.74. The van der Waals surface area contributed by atoms with Crippen molar-refractivity contribution in [2.75, 3.05) is 31.5 Å². The largest absolute Gasteiger partial charge is 0.338 e. The van der Waals surface area contributed by atoms with Gasteiger partial charge in [0, 0.05) is 42.0 Å². The molecule has 5 nitrogen and oxygen atoms in total. The summed E-state index contributed by atoms with van der Waals surface area (Å²) < 4.78 is 0. The van der Waals surface area contributed by atoms with Crippen molar-refractivity contribution < 1.29 is 9.59 Å². The maximum atomic E-state index is 13.0. The molecule has 0 aliphatic carbocycles. The van der Waals surface area contributed by atoms with Crippen molar-refractivity contribution in [2.45, 2.75) is 38.6 Å². The van der Waals surface area contributed by atoms with Gasteiger partial charge in [0.1, 0.15) is 0 Å². The molecule has 31 heavy (non-hydrogen) atoms. The van der Waals surface area contributed by atoms with E-state index in [4.69, 9.17) is 0 Å². The van der Waals surface area contributed by atoms with E-state index in [0.29, 0.717) is 13.1 Å². The standard InChI is InChI=1S/C26H29N3O2/c30-25-24(22-6-2-3-7-23(22)27-25)20-12-16-29(17-13-20)26(31)21-10-8-19(9-11-21)18-28-14-4-1-5-15-28/h2-3,6-11H,1,4-5,12-18H2,(H,27,30). The Morgan fingerprint density at radius 2 is 1.58 bits per heavy atom. The molecule has 0 spiro atoms. The van der Waals surface area contributed by atoms with Crippen molar-refractivity contribution in [3.05, 3.63) is 70.8 Å². The summed E-state index contributed by atoms with van der Waals surface area (Å²) in [5.41, 5.74) is 5.87. The number of amides is 2. The number of anilines is 1. The molecule has 5 rings (SSSR count). The molecule has 3 aliphatic heterocycles. The SMILES string of the molecule is O=C1Nc2ccccc2C1=C1CCN(C(=O)c2ccc(CN3CCCCC3)cc2)CC1. The number of carbonyl (C=O) groups excluding carboxylic acids is 2. The van der Waals surface area contributed by atoms with Gasteiger partial charge in [0.15, 0.2) is 0 Å². The Kier molecular flexibility index (Phi) is 5.60. The Balaban J connectivity index is 1.23. The van der Waals surface area contributed by atoms with E-state index in [1.807, 2.05) is 41.3 Å². The normalized spacial score (nSPS) is 19.4. The smallest absolute Gasteiger partial charge is 0.256 e. The predicted octanol–water partition coefficient (Wildman–Crippen LogP) is 4.31. The lowest BCUT2D eigenvalue weighted by Crippen LogP contribution is -2.36.